The number of aromatic nitrogens is 3. The fourth-order valence-corrected chi connectivity index (χ4v) is 5.27. The molecule has 1 aromatic rings. The van der Waals surface area contributed by atoms with Crippen molar-refractivity contribution < 1.29 is 9.59 Å². The summed E-state index contributed by atoms with van der Waals surface area (Å²) in [6, 6.07) is 0.423. The molecule has 4 aliphatic heterocycles. The summed E-state index contributed by atoms with van der Waals surface area (Å²) in [7, 11) is 4.05. The van der Waals surface area contributed by atoms with Gasteiger partial charge in [0.25, 0.3) is 0 Å². The van der Waals surface area contributed by atoms with Crippen molar-refractivity contribution in [3.63, 3.8) is 0 Å². The van der Waals surface area contributed by atoms with Gasteiger partial charge in [0.05, 0.1) is 18.2 Å². The Balaban J connectivity index is 1.32. The molecule has 29 heavy (non-hydrogen) atoms. The predicted molar refractivity (Wildman–Crippen MR) is 107 cm³/mol. The van der Waals surface area contributed by atoms with Crippen molar-refractivity contribution in [3.05, 3.63) is 11.9 Å². The molecular formula is C20H33N7O2. The van der Waals surface area contributed by atoms with Crippen LogP contribution in [0.5, 0.6) is 0 Å². The molecule has 5 heterocycles. The molecule has 4 atom stereocenters. The zero-order valence-corrected chi connectivity index (χ0v) is 17.5. The third-order valence-corrected chi connectivity index (χ3v) is 6.87. The highest BCUT2D eigenvalue weighted by molar-refractivity contribution is 5.81. The van der Waals surface area contributed by atoms with Gasteiger partial charge in [-0.1, -0.05) is 5.21 Å². The molecule has 2 bridgehead atoms. The van der Waals surface area contributed by atoms with Crippen molar-refractivity contribution >= 4 is 11.8 Å². The van der Waals surface area contributed by atoms with E-state index < -0.39 is 0 Å². The molecule has 1 aromatic heterocycles. The summed E-state index contributed by atoms with van der Waals surface area (Å²) < 4.78 is 1.95. The first-order valence-corrected chi connectivity index (χ1v) is 10.8. The van der Waals surface area contributed by atoms with Crippen molar-refractivity contribution in [3.8, 4) is 0 Å². The molecule has 0 aromatic carbocycles. The highest BCUT2D eigenvalue weighted by Gasteiger charge is 2.45. The van der Waals surface area contributed by atoms with Crippen LogP contribution in [0.3, 0.4) is 0 Å². The zero-order chi connectivity index (χ0) is 20.5. The number of likely N-dealkylation sites (tertiary alicyclic amines) is 1. The minimum Gasteiger partial charge on any atom is -0.369 e. The van der Waals surface area contributed by atoms with Crippen LogP contribution in [0.15, 0.2) is 6.20 Å². The van der Waals surface area contributed by atoms with E-state index in [1.54, 1.807) is 0 Å². The Labute approximate surface area is 172 Å². The number of fused-ring (bicyclic) bond motifs is 3. The number of piperidine rings is 4. The van der Waals surface area contributed by atoms with E-state index in [2.05, 4.69) is 20.1 Å². The van der Waals surface area contributed by atoms with E-state index in [1.165, 1.54) is 0 Å². The minimum absolute atomic E-state index is 0.0740. The Morgan fingerprint density at radius 3 is 2.59 bits per heavy atom. The maximum absolute atomic E-state index is 13.1. The lowest BCUT2D eigenvalue weighted by atomic mass is 9.74. The van der Waals surface area contributed by atoms with Gasteiger partial charge in [0, 0.05) is 44.3 Å². The maximum atomic E-state index is 13.1. The van der Waals surface area contributed by atoms with Crippen molar-refractivity contribution in [2.75, 3.05) is 40.3 Å². The van der Waals surface area contributed by atoms with E-state index in [9.17, 15) is 9.59 Å². The van der Waals surface area contributed by atoms with E-state index >= 15 is 0 Å². The van der Waals surface area contributed by atoms with Gasteiger partial charge >= 0.3 is 0 Å². The lowest BCUT2D eigenvalue weighted by Gasteiger charge is -2.50. The van der Waals surface area contributed by atoms with Gasteiger partial charge in [-0.05, 0) is 52.2 Å². The third-order valence-electron chi connectivity index (χ3n) is 6.87. The van der Waals surface area contributed by atoms with Crippen molar-refractivity contribution in [1.82, 2.24) is 29.7 Å². The van der Waals surface area contributed by atoms with E-state index in [4.69, 9.17) is 5.73 Å². The van der Waals surface area contributed by atoms with Crippen LogP contribution in [-0.2, 0) is 22.7 Å². The number of hydrogen-bond acceptors (Lipinski definition) is 6. The van der Waals surface area contributed by atoms with E-state index in [1.807, 2.05) is 29.9 Å². The van der Waals surface area contributed by atoms with Crippen LogP contribution < -0.4 is 5.73 Å². The Morgan fingerprint density at radius 2 is 1.97 bits per heavy atom. The normalized spacial score (nSPS) is 30.1. The summed E-state index contributed by atoms with van der Waals surface area (Å²) >= 11 is 0. The van der Waals surface area contributed by atoms with Crippen LogP contribution >= 0.6 is 0 Å². The minimum atomic E-state index is -0.232. The fraction of sp³-hybridized carbons (Fsp3) is 0.800. The first-order chi connectivity index (χ1) is 13.9. The second kappa shape index (κ2) is 8.39. The number of carbonyl (C=O) groups is 2. The largest absolute Gasteiger partial charge is 0.369 e. The van der Waals surface area contributed by atoms with Gasteiger partial charge in [-0.15, -0.1) is 5.10 Å². The first kappa shape index (κ1) is 20.3. The van der Waals surface area contributed by atoms with Crippen LogP contribution in [0.2, 0.25) is 0 Å². The number of primary amides is 1. The summed E-state index contributed by atoms with van der Waals surface area (Å²) in [5, 5.41) is 8.56. The first-order valence-electron chi connectivity index (χ1n) is 10.8. The molecule has 4 fully saturated rings. The van der Waals surface area contributed by atoms with Crippen LogP contribution in [0.4, 0.5) is 0 Å². The fourth-order valence-electron chi connectivity index (χ4n) is 5.27. The maximum Gasteiger partial charge on any atom is 0.227 e. The van der Waals surface area contributed by atoms with Crippen LogP contribution in [0.1, 0.15) is 31.4 Å². The average Bonchev–Trinajstić information content (AvgIpc) is 3.14. The molecule has 0 spiro atoms. The molecule has 9 nitrogen and oxygen atoms in total. The van der Waals surface area contributed by atoms with Gasteiger partial charge in [0.15, 0.2) is 0 Å². The monoisotopic (exact) mass is 403 g/mol. The third kappa shape index (κ3) is 4.45. The van der Waals surface area contributed by atoms with Gasteiger partial charge in [-0.2, -0.15) is 0 Å². The molecule has 1 unspecified atom stereocenters. The average molecular weight is 404 g/mol. The second-order valence-corrected chi connectivity index (χ2v) is 9.21. The summed E-state index contributed by atoms with van der Waals surface area (Å²) in [6.45, 7) is 4.84. The van der Waals surface area contributed by atoms with Gasteiger partial charge in [0.1, 0.15) is 0 Å². The predicted octanol–water partition coefficient (Wildman–Crippen LogP) is -0.226. The van der Waals surface area contributed by atoms with E-state index in [-0.39, 0.29) is 23.7 Å². The SMILES string of the molecule is CN(C)Cc1cn(C[C@H]2C[C@H]3CCN2C[C@@H]3C(=O)N2CCC(C(N)=O)CC2)nn1. The molecule has 9 heteroatoms. The topological polar surface area (TPSA) is 101 Å². The summed E-state index contributed by atoms with van der Waals surface area (Å²) in [5.74, 6) is 0.496. The Bertz CT molecular complexity index is 741. The van der Waals surface area contributed by atoms with Gasteiger partial charge in [0.2, 0.25) is 11.8 Å². The van der Waals surface area contributed by atoms with E-state index in [0.29, 0.717) is 37.9 Å². The molecule has 4 aliphatic rings. The van der Waals surface area contributed by atoms with Crippen LogP contribution in [0.25, 0.3) is 0 Å². The second-order valence-electron chi connectivity index (χ2n) is 9.21. The van der Waals surface area contributed by atoms with Gasteiger partial charge in [-0.25, -0.2) is 0 Å². The standard InChI is InChI=1S/C20H33N7O2/c1-24(2)10-16-11-27(23-22-16)12-17-9-15-5-8-26(17)13-18(15)20(29)25-6-3-14(4-7-25)19(21)28/h11,14-15,17-18H,3-10,12-13H2,1-2H3,(H2,21,28)/t15-,17-,18+/m1/s1. The molecule has 0 radical (unpaired) electrons. The number of rotatable bonds is 6. The zero-order valence-electron chi connectivity index (χ0n) is 17.5. The highest BCUT2D eigenvalue weighted by atomic mass is 16.2. The quantitative estimate of drug-likeness (QED) is 0.704. The highest BCUT2D eigenvalue weighted by Crippen LogP contribution is 2.38. The molecule has 5 rings (SSSR count). The molecule has 160 valence electrons. The molecule has 4 saturated heterocycles. The van der Waals surface area contributed by atoms with Gasteiger partial charge in [-0.3, -0.25) is 19.2 Å². The number of nitrogens with zero attached hydrogens (tertiary/aromatic N) is 6. The number of carbonyl (C=O) groups excluding carboxylic acids is 2. The van der Waals surface area contributed by atoms with Gasteiger partial charge < -0.3 is 15.5 Å². The van der Waals surface area contributed by atoms with E-state index in [0.717, 1.165) is 44.7 Å². The Kier molecular flexibility index (Phi) is 5.87. The summed E-state index contributed by atoms with van der Waals surface area (Å²) in [4.78, 5) is 31.0. The van der Waals surface area contributed by atoms with Crippen molar-refractivity contribution in [1.29, 1.82) is 0 Å². The lowest BCUT2D eigenvalue weighted by Crippen LogP contribution is -2.59. The molecular weight excluding hydrogens is 370 g/mol. The number of hydrogen-bond donors (Lipinski definition) is 1. The summed E-state index contributed by atoms with van der Waals surface area (Å²) in [6.07, 6.45) is 5.57. The molecule has 0 aliphatic carbocycles. The molecule has 0 saturated carbocycles. The molecule has 2 amide bonds. The number of nitrogens with two attached hydrogens (primary N) is 1. The van der Waals surface area contributed by atoms with Crippen molar-refractivity contribution in [2.45, 2.75) is 44.8 Å². The van der Waals surface area contributed by atoms with Crippen molar-refractivity contribution in [2.24, 2.45) is 23.5 Å². The van der Waals surface area contributed by atoms with Crippen LogP contribution in [-0.4, -0.2) is 87.8 Å². The number of amides is 2. The smallest absolute Gasteiger partial charge is 0.227 e. The molecule has 2 N–H and O–H groups in total. The lowest BCUT2D eigenvalue weighted by molar-refractivity contribution is -0.146. The van der Waals surface area contributed by atoms with Crippen LogP contribution in [0, 0.1) is 17.8 Å². The Hall–Kier alpha value is -2.00. The Morgan fingerprint density at radius 1 is 1.21 bits per heavy atom. The summed E-state index contributed by atoms with van der Waals surface area (Å²) in [5.41, 5.74) is 6.41.